The van der Waals surface area contributed by atoms with Gasteiger partial charge in [-0.1, -0.05) is 191 Å². The second kappa shape index (κ2) is 18.9. The van der Waals surface area contributed by atoms with Crippen LogP contribution in [-0.2, 0) is 21.7 Å². The van der Waals surface area contributed by atoms with E-state index in [-0.39, 0.29) is 38.4 Å². The van der Waals surface area contributed by atoms with Crippen molar-refractivity contribution in [2.75, 3.05) is 0 Å². The minimum Gasteiger partial charge on any atom is -0.458 e. The molecule has 14 rings (SSSR count). The van der Waals surface area contributed by atoms with E-state index in [1.165, 1.54) is 22.3 Å². The van der Waals surface area contributed by atoms with Gasteiger partial charge in [-0.2, -0.15) is 0 Å². The highest BCUT2D eigenvalue weighted by Gasteiger charge is 2.39. The van der Waals surface area contributed by atoms with Gasteiger partial charge in [-0.25, -0.2) is 4.98 Å². The molecule has 4 heterocycles. The van der Waals surface area contributed by atoms with Crippen molar-refractivity contribution >= 4 is 32.8 Å². The number of aryl methyl sites for hydroxylation is 2. The van der Waals surface area contributed by atoms with Crippen LogP contribution in [0, 0.1) is 20.0 Å². The summed E-state index contributed by atoms with van der Waals surface area (Å²) in [4.78, 5) is 4.94. The molecule has 5 nitrogen and oxygen atoms in total. The van der Waals surface area contributed by atoms with Crippen LogP contribution in [0.2, 0.25) is 0 Å². The number of para-hydroxylation sites is 2. The van der Waals surface area contributed by atoms with Crippen molar-refractivity contribution in [3.8, 4) is 84.3 Å². The van der Waals surface area contributed by atoms with Crippen molar-refractivity contribution in [1.82, 2.24) is 14.1 Å². The SMILES string of the molecule is [2H]C([2H])([2H])c1cccc(C([2H])([2H])[2H])c1-c1cccc2c1-[n+]1[c-]n(-c3cccc(Oc4ccc5c6ccccc6n(-c6cc(C(C)(C)C)ccn6)c5c4)c3)c3cc(-c4ccc(C(C)(C)C)cc4)cc(c31)-c1ccccc1-c1cc3c(cc1-2)C(C)(C)CCC3(C)C. The van der Waals surface area contributed by atoms with Crippen molar-refractivity contribution in [3.63, 3.8) is 0 Å². The lowest BCUT2D eigenvalue weighted by Crippen LogP contribution is -2.34. The Kier molecular flexibility index (Phi) is 10.4. The normalized spacial score (nSPS) is 15.7. The number of fused-ring (bicyclic) bond motifs is 11. The number of aromatic nitrogens is 4. The number of pyridine rings is 1. The fourth-order valence-corrected chi connectivity index (χ4v) is 13.3. The van der Waals surface area contributed by atoms with Crippen LogP contribution >= 0.6 is 0 Å². The highest BCUT2D eigenvalue weighted by Crippen LogP contribution is 2.53. The summed E-state index contributed by atoms with van der Waals surface area (Å²) in [6.07, 6.45) is 7.85. The maximum absolute atomic E-state index is 9.07. The van der Waals surface area contributed by atoms with E-state index in [1.807, 2.05) is 42.6 Å². The molecule has 0 radical (unpaired) electrons. The smallest absolute Gasteiger partial charge is 0.269 e. The number of nitrogens with zero attached hydrogens (tertiary/aromatic N) is 4. The van der Waals surface area contributed by atoms with E-state index in [9.17, 15) is 0 Å². The quantitative estimate of drug-likeness (QED) is 0.123. The number of hydrogen-bond acceptors (Lipinski definition) is 2. The molecule has 0 saturated carbocycles. The van der Waals surface area contributed by atoms with E-state index >= 15 is 0 Å². The molecule has 0 spiro atoms. The molecule has 1 aliphatic heterocycles. The lowest BCUT2D eigenvalue weighted by Gasteiger charge is -2.42. The van der Waals surface area contributed by atoms with E-state index in [0.29, 0.717) is 22.7 Å². The average Bonchev–Trinajstić information content (AvgIpc) is 1.72. The Morgan fingerprint density at radius 2 is 1.12 bits per heavy atom. The monoisotopic (exact) mass is 1090 g/mol. The first-order valence-electron chi connectivity index (χ1n) is 32.1. The highest BCUT2D eigenvalue weighted by atomic mass is 16.5. The fraction of sp³-hybridized carbons (Fsp3) is 0.231. The van der Waals surface area contributed by atoms with Crippen LogP contribution in [0.3, 0.4) is 0 Å². The molecule has 12 aromatic rings. The summed E-state index contributed by atoms with van der Waals surface area (Å²) < 4.78 is 67.8. The summed E-state index contributed by atoms with van der Waals surface area (Å²) in [5.74, 6) is 2.07. The first-order chi connectivity index (χ1) is 42.1. The van der Waals surface area contributed by atoms with Gasteiger partial charge >= 0.3 is 0 Å². The van der Waals surface area contributed by atoms with Gasteiger partial charge in [-0.3, -0.25) is 13.7 Å². The summed E-state index contributed by atoms with van der Waals surface area (Å²) in [5, 5.41) is 2.20. The van der Waals surface area contributed by atoms with Crippen molar-refractivity contribution in [2.24, 2.45) is 0 Å². The molecule has 9 aromatic carbocycles. The van der Waals surface area contributed by atoms with Crippen molar-refractivity contribution in [2.45, 2.75) is 117 Å². The van der Waals surface area contributed by atoms with E-state index in [4.69, 9.17) is 17.9 Å². The van der Waals surface area contributed by atoms with Crippen LogP contribution in [0.25, 0.3) is 106 Å². The molecule has 0 atom stereocenters. The summed E-state index contributed by atoms with van der Waals surface area (Å²) in [6, 6.07) is 64.5. The minimum atomic E-state index is -2.68. The van der Waals surface area contributed by atoms with Crippen molar-refractivity contribution in [1.29, 1.82) is 0 Å². The Labute approximate surface area is 498 Å². The molecule has 0 unspecified atom stereocenters. The summed E-state index contributed by atoms with van der Waals surface area (Å²) >= 11 is 0. The number of rotatable bonds is 6. The number of imidazole rings is 1. The summed E-state index contributed by atoms with van der Waals surface area (Å²) in [5.41, 5.74) is 17.8. The third kappa shape index (κ3) is 8.64. The molecule has 410 valence electrons. The van der Waals surface area contributed by atoms with Gasteiger partial charge in [0, 0.05) is 31.3 Å². The average molecular weight is 1090 g/mol. The zero-order chi connectivity index (χ0) is 62.5. The Hall–Kier alpha value is -8.80. The van der Waals surface area contributed by atoms with E-state index in [0.717, 1.165) is 102 Å². The molecule has 0 N–H and O–H groups in total. The molecule has 5 heteroatoms. The van der Waals surface area contributed by atoms with Gasteiger partial charge in [-0.05, 0) is 198 Å². The van der Waals surface area contributed by atoms with Crippen LogP contribution in [0.1, 0.15) is 124 Å². The zero-order valence-corrected chi connectivity index (χ0v) is 49.1. The molecule has 1 aliphatic carbocycles. The number of benzene rings is 9. The van der Waals surface area contributed by atoms with Gasteiger partial charge in [0.05, 0.1) is 33.4 Å². The molecule has 0 amide bonds. The third-order valence-corrected chi connectivity index (χ3v) is 18.0. The Morgan fingerprint density at radius 1 is 0.506 bits per heavy atom. The standard InChI is InChI=1S/C78H72N4O/c1-48-20-17-21-49(2)72(48)62-28-19-27-61-64-46-67-66(77(9,10)37-38-78(67,11)12)45-63(64)57-24-13-14-25-58(57)65-40-51(50-30-32-52(33-31-50)75(3,4)5)41-70-74(65)81(73(61)62)47-80(70)54-22-18-23-55(43-54)83-56-34-35-60-59-26-15-16-29-68(59)82(69(60)44-56)71-42-53(36-39-79-71)76(6,7)8/h13-36,39-46H,37-38H2,1-12H3/i1D3,2D3. The summed E-state index contributed by atoms with van der Waals surface area (Å²) in [6.45, 7) is 17.3. The van der Waals surface area contributed by atoms with Crippen LogP contribution in [0.15, 0.2) is 194 Å². The molecular formula is C78H72N4O. The predicted molar refractivity (Wildman–Crippen MR) is 345 cm³/mol. The van der Waals surface area contributed by atoms with Gasteiger partial charge in [0.25, 0.3) is 6.33 Å². The molecule has 83 heavy (non-hydrogen) atoms. The van der Waals surface area contributed by atoms with Gasteiger partial charge in [0.2, 0.25) is 0 Å². The maximum Gasteiger partial charge on any atom is 0.269 e. The van der Waals surface area contributed by atoms with Gasteiger partial charge < -0.3 is 4.74 Å². The first kappa shape index (κ1) is 45.8. The lowest BCUT2D eigenvalue weighted by atomic mass is 9.62. The van der Waals surface area contributed by atoms with Gasteiger partial charge in [0.15, 0.2) is 0 Å². The Morgan fingerprint density at radius 3 is 1.83 bits per heavy atom. The topological polar surface area (TPSA) is 35.9 Å². The van der Waals surface area contributed by atoms with Gasteiger partial charge in [-0.15, -0.1) is 0 Å². The minimum absolute atomic E-state index is 0.0418. The Bertz CT molecular complexity index is 4840. The highest BCUT2D eigenvalue weighted by molar-refractivity contribution is 6.10. The first-order valence-corrected chi connectivity index (χ1v) is 29.1. The van der Waals surface area contributed by atoms with E-state index < -0.39 is 13.7 Å². The molecule has 2 aliphatic rings. The van der Waals surface area contributed by atoms with Crippen LogP contribution in [0.5, 0.6) is 11.5 Å². The largest absolute Gasteiger partial charge is 0.458 e. The number of hydrogen-bond donors (Lipinski definition) is 0. The van der Waals surface area contributed by atoms with Crippen LogP contribution in [0.4, 0.5) is 0 Å². The van der Waals surface area contributed by atoms with Crippen LogP contribution in [-0.4, -0.2) is 14.1 Å². The molecule has 0 fully saturated rings. The third-order valence-electron chi connectivity index (χ3n) is 18.0. The second-order valence-corrected chi connectivity index (χ2v) is 26.5. The second-order valence-electron chi connectivity index (χ2n) is 26.5. The van der Waals surface area contributed by atoms with E-state index in [2.05, 4.69) is 223 Å². The molecule has 0 saturated heterocycles. The number of ether oxygens (including phenoxy) is 1. The Balaban J connectivity index is 1.06. The summed E-state index contributed by atoms with van der Waals surface area (Å²) in [7, 11) is 0. The molecule has 0 bridgehead atoms. The van der Waals surface area contributed by atoms with Crippen molar-refractivity contribution in [3.05, 3.63) is 234 Å². The van der Waals surface area contributed by atoms with Crippen LogP contribution < -0.4 is 9.30 Å². The molecule has 3 aromatic heterocycles. The maximum atomic E-state index is 9.07. The molecular weight excluding hydrogens is 1010 g/mol. The van der Waals surface area contributed by atoms with Crippen molar-refractivity contribution < 1.29 is 17.5 Å². The van der Waals surface area contributed by atoms with Gasteiger partial charge in [0.1, 0.15) is 17.3 Å². The fourth-order valence-electron chi connectivity index (χ4n) is 13.3. The predicted octanol–water partition coefficient (Wildman–Crippen LogP) is 20.2. The van der Waals surface area contributed by atoms with E-state index in [1.54, 1.807) is 18.2 Å². The lowest BCUT2D eigenvalue weighted by molar-refractivity contribution is -0.570. The zero-order valence-electron chi connectivity index (χ0n) is 55.1.